The first kappa shape index (κ1) is 11.1. The van der Waals surface area contributed by atoms with Crippen LogP contribution < -0.4 is 0 Å². The summed E-state index contributed by atoms with van der Waals surface area (Å²) >= 11 is 0. The molecule has 1 heterocycles. The van der Waals surface area contributed by atoms with Gasteiger partial charge in [0.25, 0.3) is 0 Å². The van der Waals surface area contributed by atoms with Crippen molar-refractivity contribution in [3.8, 4) is 0 Å². The van der Waals surface area contributed by atoms with E-state index in [0.717, 1.165) is 5.56 Å². The summed E-state index contributed by atoms with van der Waals surface area (Å²) in [6, 6.07) is 7.35. The van der Waals surface area contributed by atoms with Gasteiger partial charge in [0.05, 0.1) is 31.9 Å². The Bertz CT molecular complexity index is 355. The van der Waals surface area contributed by atoms with Crippen molar-refractivity contribution in [2.24, 2.45) is 0 Å². The third kappa shape index (κ3) is 2.81. The maximum atomic E-state index is 11.7. The van der Waals surface area contributed by atoms with Crippen molar-refractivity contribution in [2.45, 2.75) is 6.92 Å². The Morgan fingerprint density at radius 1 is 1.25 bits per heavy atom. The average molecular weight is 221 g/mol. The molecule has 0 radical (unpaired) electrons. The van der Waals surface area contributed by atoms with Crippen LogP contribution >= 0.6 is 0 Å². The van der Waals surface area contributed by atoms with Crippen LogP contribution in [0.4, 0.5) is 0 Å². The van der Waals surface area contributed by atoms with Crippen LogP contribution in [0.3, 0.4) is 0 Å². The van der Waals surface area contributed by atoms with Crippen LogP contribution in [0.2, 0.25) is 0 Å². The zero-order valence-electron chi connectivity index (χ0n) is 9.31. The van der Waals surface area contributed by atoms with Crippen molar-refractivity contribution in [3.05, 3.63) is 35.4 Å². The maximum Gasteiger partial charge on any atom is 0.357 e. The Morgan fingerprint density at radius 3 is 2.50 bits per heavy atom. The van der Waals surface area contributed by atoms with Gasteiger partial charge in [-0.05, 0) is 19.1 Å². The molecule has 1 aliphatic rings. The highest BCUT2D eigenvalue weighted by atomic mass is 16.7. The van der Waals surface area contributed by atoms with E-state index in [4.69, 9.17) is 9.57 Å². The molecule has 0 aromatic heterocycles. The van der Waals surface area contributed by atoms with Crippen molar-refractivity contribution in [3.63, 3.8) is 0 Å². The van der Waals surface area contributed by atoms with Crippen LogP contribution in [0.1, 0.15) is 15.9 Å². The largest absolute Gasteiger partial charge is 0.379 e. The second-order valence-electron chi connectivity index (χ2n) is 3.79. The summed E-state index contributed by atoms with van der Waals surface area (Å²) in [5.41, 5.74) is 1.71. The summed E-state index contributed by atoms with van der Waals surface area (Å²) in [5.74, 6) is -0.304. The topological polar surface area (TPSA) is 38.8 Å². The van der Waals surface area contributed by atoms with Crippen LogP contribution in [0, 0.1) is 6.92 Å². The molecule has 2 rings (SSSR count). The lowest BCUT2D eigenvalue weighted by molar-refractivity contribution is -0.150. The van der Waals surface area contributed by atoms with Crippen molar-refractivity contribution in [1.29, 1.82) is 0 Å². The standard InChI is InChI=1S/C12H15NO3/c1-10-2-4-11(5-3-10)12(14)16-13-6-8-15-9-7-13/h2-5H,6-9H2,1H3. The lowest BCUT2D eigenvalue weighted by Crippen LogP contribution is -2.37. The molecule has 0 amide bonds. The van der Waals surface area contributed by atoms with Gasteiger partial charge in [0.1, 0.15) is 0 Å². The number of ether oxygens (including phenoxy) is 1. The Labute approximate surface area is 94.7 Å². The Morgan fingerprint density at radius 2 is 1.88 bits per heavy atom. The maximum absolute atomic E-state index is 11.7. The fraction of sp³-hybridized carbons (Fsp3) is 0.417. The number of hydroxylamine groups is 2. The third-order valence-corrected chi connectivity index (χ3v) is 2.47. The first-order chi connectivity index (χ1) is 7.75. The summed E-state index contributed by atoms with van der Waals surface area (Å²) in [5, 5.41) is 1.64. The second kappa shape index (κ2) is 5.09. The van der Waals surface area contributed by atoms with Gasteiger partial charge in [-0.1, -0.05) is 17.7 Å². The number of carbonyl (C=O) groups excluding carboxylic acids is 1. The SMILES string of the molecule is Cc1ccc(C(=O)ON2CCOCC2)cc1. The summed E-state index contributed by atoms with van der Waals surface area (Å²) in [7, 11) is 0. The number of nitrogens with zero attached hydrogens (tertiary/aromatic N) is 1. The van der Waals surface area contributed by atoms with Gasteiger partial charge in [0.2, 0.25) is 0 Å². The number of rotatable bonds is 2. The van der Waals surface area contributed by atoms with Crippen LogP contribution in [-0.4, -0.2) is 37.3 Å². The van der Waals surface area contributed by atoms with E-state index in [0.29, 0.717) is 31.9 Å². The predicted molar refractivity (Wildman–Crippen MR) is 59.0 cm³/mol. The van der Waals surface area contributed by atoms with Gasteiger partial charge >= 0.3 is 5.97 Å². The molecular weight excluding hydrogens is 206 g/mol. The minimum Gasteiger partial charge on any atom is -0.379 e. The number of aryl methyl sites for hydroxylation is 1. The molecule has 0 unspecified atom stereocenters. The average Bonchev–Trinajstić information content (AvgIpc) is 2.31. The quantitative estimate of drug-likeness (QED) is 0.756. The molecule has 1 aliphatic heterocycles. The summed E-state index contributed by atoms with van der Waals surface area (Å²) in [6.45, 7) is 4.48. The van der Waals surface area contributed by atoms with E-state index >= 15 is 0 Å². The molecule has 1 saturated heterocycles. The first-order valence-electron chi connectivity index (χ1n) is 5.37. The van der Waals surface area contributed by atoms with Crippen molar-refractivity contribution in [1.82, 2.24) is 5.06 Å². The second-order valence-corrected chi connectivity index (χ2v) is 3.79. The van der Waals surface area contributed by atoms with E-state index in [2.05, 4.69) is 0 Å². The molecule has 16 heavy (non-hydrogen) atoms. The van der Waals surface area contributed by atoms with E-state index in [9.17, 15) is 4.79 Å². The lowest BCUT2D eigenvalue weighted by atomic mass is 10.2. The van der Waals surface area contributed by atoms with E-state index in [1.54, 1.807) is 17.2 Å². The van der Waals surface area contributed by atoms with E-state index in [-0.39, 0.29) is 5.97 Å². The highest BCUT2D eigenvalue weighted by molar-refractivity contribution is 5.89. The number of morpholine rings is 1. The number of carbonyl (C=O) groups is 1. The highest BCUT2D eigenvalue weighted by Crippen LogP contribution is 2.07. The van der Waals surface area contributed by atoms with E-state index < -0.39 is 0 Å². The molecule has 4 heteroatoms. The van der Waals surface area contributed by atoms with Gasteiger partial charge in [-0.2, -0.15) is 0 Å². The number of benzene rings is 1. The molecule has 1 aromatic rings. The summed E-state index contributed by atoms with van der Waals surface area (Å²) in [4.78, 5) is 17.0. The molecule has 0 aliphatic carbocycles. The normalized spacial score (nSPS) is 17.1. The van der Waals surface area contributed by atoms with Gasteiger partial charge in [0.15, 0.2) is 0 Å². The highest BCUT2D eigenvalue weighted by Gasteiger charge is 2.16. The molecule has 86 valence electrons. The van der Waals surface area contributed by atoms with E-state index in [1.807, 2.05) is 19.1 Å². The predicted octanol–water partition coefficient (Wildman–Crippen LogP) is 1.40. The first-order valence-corrected chi connectivity index (χ1v) is 5.37. The molecule has 0 atom stereocenters. The smallest absolute Gasteiger partial charge is 0.357 e. The monoisotopic (exact) mass is 221 g/mol. The summed E-state index contributed by atoms with van der Waals surface area (Å²) in [6.07, 6.45) is 0. The zero-order chi connectivity index (χ0) is 11.4. The fourth-order valence-corrected chi connectivity index (χ4v) is 1.50. The van der Waals surface area contributed by atoms with Crippen molar-refractivity contribution >= 4 is 5.97 Å². The number of hydrogen-bond acceptors (Lipinski definition) is 4. The van der Waals surface area contributed by atoms with Gasteiger partial charge in [-0.15, -0.1) is 5.06 Å². The Hall–Kier alpha value is -1.39. The van der Waals surface area contributed by atoms with Crippen molar-refractivity contribution in [2.75, 3.05) is 26.3 Å². The van der Waals surface area contributed by atoms with Crippen LogP contribution in [0.15, 0.2) is 24.3 Å². The van der Waals surface area contributed by atoms with Crippen LogP contribution in [-0.2, 0) is 9.57 Å². The van der Waals surface area contributed by atoms with Gasteiger partial charge < -0.3 is 9.57 Å². The van der Waals surface area contributed by atoms with Crippen LogP contribution in [0.25, 0.3) is 0 Å². The van der Waals surface area contributed by atoms with Gasteiger partial charge in [-0.25, -0.2) is 4.79 Å². The minimum atomic E-state index is -0.304. The van der Waals surface area contributed by atoms with Gasteiger partial charge in [0, 0.05) is 0 Å². The van der Waals surface area contributed by atoms with Gasteiger partial charge in [-0.3, -0.25) is 0 Å². The molecule has 1 aromatic carbocycles. The third-order valence-electron chi connectivity index (χ3n) is 2.47. The zero-order valence-corrected chi connectivity index (χ0v) is 9.31. The number of hydrogen-bond donors (Lipinski definition) is 0. The molecule has 0 N–H and O–H groups in total. The van der Waals surface area contributed by atoms with Crippen LogP contribution in [0.5, 0.6) is 0 Å². The summed E-state index contributed by atoms with van der Waals surface area (Å²) < 4.78 is 5.17. The van der Waals surface area contributed by atoms with E-state index in [1.165, 1.54) is 0 Å². The Kier molecular flexibility index (Phi) is 3.54. The Balaban J connectivity index is 1.94. The molecular formula is C12H15NO3. The molecule has 0 spiro atoms. The molecule has 0 saturated carbocycles. The molecule has 4 nitrogen and oxygen atoms in total. The molecule has 1 fully saturated rings. The lowest BCUT2D eigenvalue weighted by Gasteiger charge is -2.24. The van der Waals surface area contributed by atoms with Crippen molar-refractivity contribution < 1.29 is 14.4 Å². The minimum absolute atomic E-state index is 0.304. The molecule has 0 bridgehead atoms. The fourth-order valence-electron chi connectivity index (χ4n) is 1.50.